The smallest absolute Gasteiger partial charge is 0.254 e. The van der Waals surface area contributed by atoms with Crippen LogP contribution in [0, 0.1) is 13.8 Å². The van der Waals surface area contributed by atoms with Gasteiger partial charge in [0.25, 0.3) is 5.91 Å². The normalized spacial score (nSPS) is 10.3. The highest BCUT2D eigenvalue weighted by Crippen LogP contribution is 2.26. The molecule has 0 bridgehead atoms. The second kappa shape index (κ2) is 7.18. The maximum atomic E-state index is 12.7. The summed E-state index contributed by atoms with van der Waals surface area (Å²) in [5.74, 6) is 1.45. The van der Waals surface area contributed by atoms with E-state index < -0.39 is 0 Å². The minimum atomic E-state index is 0.00377. The molecule has 2 rings (SSSR count). The lowest BCUT2D eigenvalue weighted by Gasteiger charge is -2.20. The van der Waals surface area contributed by atoms with Crippen molar-refractivity contribution in [3.63, 3.8) is 0 Å². The minimum Gasteiger partial charge on any atom is -0.497 e. The van der Waals surface area contributed by atoms with Gasteiger partial charge in [0, 0.05) is 30.8 Å². The largest absolute Gasteiger partial charge is 0.497 e. The van der Waals surface area contributed by atoms with Gasteiger partial charge in [-0.05, 0) is 37.6 Å². The standard InChI is InChI=1S/C19H23NO3/c1-13-6-7-14(2)17(10-13)19(21)20(3)12-15-8-9-16(22-4)11-18(15)23-5/h6-11H,12H2,1-5H3. The van der Waals surface area contributed by atoms with Crippen molar-refractivity contribution >= 4 is 5.91 Å². The highest BCUT2D eigenvalue weighted by molar-refractivity contribution is 5.95. The number of benzene rings is 2. The quantitative estimate of drug-likeness (QED) is 0.846. The number of methoxy groups -OCH3 is 2. The van der Waals surface area contributed by atoms with Crippen molar-refractivity contribution in [2.75, 3.05) is 21.3 Å². The maximum Gasteiger partial charge on any atom is 0.254 e. The van der Waals surface area contributed by atoms with Gasteiger partial charge in [0.2, 0.25) is 0 Å². The number of hydrogen-bond donors (Lipinski definition) is 0. The van der Waals surface area contributed by atoms with Crippen LogP contribution in [0.5, 0.6) is 11.5 Å². The first-order chi connectivity index (χ1) is 11.0. The van der Waals surface area contributed by atoms with Crippen molar-refractivity contribution in [3.8, 4) is 11.5 Å². The van der Waals surface area contributed by atoms with E-state index in [-0.39, 0.29) is 5.91 Å². The highest BCUT2D eigenvalue weighted by atomic mass is 16.5. The first kappa shape index (κ1) is 16.9. The number of nitrogens with zero attached hydrogens (tertiary/aromatic N) is 1. The number of hydrogen-bond acceptors (Lipinski definition) is 3. The van der Waals surface area contributed by atoms with Gasteiger partial charge in [0.15, 0.2) is 0 Å². The van der Waals surface area contributed by atoms with Crippen molar-refractivity contribution in [1.82, 2.24) is 4.90 Å². The predicted molar refractivity (Wildman–Crippen MR) is 91.3 cm³/mol. The van der Waals surface area contributed by atoms with Crippen molar-refractivity contribution in [2.24, 2.45) is 0 Å². The van der Waals surface area contributed by atoms with Crippen molar-refractivity contribution in [3.05, 3.63) is 58.7 Å². The summed E-state index contributed by atoms with van der Waals surface area (Å²) in [5, 5.41) is 0. The van der Waals surface area contributed by atoms with Crippen LogP contribution in [0.25, 0.3) is 0 Å². The zero-order valence-electron chi connectivity index (χ0n) is 14.3. The Morgan fingerprint density at radius 2 is 1.78 bits per heavy atom. The second-order valence-electron chi connectivity index (χ2n) is 5.66. The summed E-state index contributed by atoms with van der Waals surface area (Å²) in [7, 11) is 5.03. The number of aryl methyl sites for hydroxylation is 2. The Morgan fingerprint density at radius 3 is 2.43 bits per heavy atom. The van der Waals surface area contributed by atoms with Gasteiger partial charge in [0.05, 0.1) is 14.2 Å². The number of carbonyl (C=O) groups excluding carboxylic acids is 1. The Bertz CT molecular complexity index is 710. The van der Waals surface area contributed by atoms with Crippen LogP contribution < -0.4 is 9.47 Å². The van der Waals surface area contributed by atoms with Crippen LogP contribution in [0.1, 0.15) is 27.0 Å². The summed E-state index contributed by atoms with van der Waals surface area (Å²) in [4.78, 5) is 14.4. The van der Waals surface area contributed by atoms with Gasteiger partial charge in [-0.2, -0.15) is 0 Å². The first-order valence-electron chi connectivity index (χ1n) is 7.50. The summed E-state index contributed by atoms with van der Waals surface area (Å²) in [6.07, 6.45) is 0. The summed E-state index contributed by atoms with van der Waals surface area (Å²) >= 11 is 0. The third kappa shape index (κ3) is 3.83. The molecule has 2 aromatic carbocycles. The van der Waals surface area contributed by atoms with Crippen molar-refractivity contribution < 1.29 is 14.3 Å². The minimum absolute atomic E-state index is 0.00377. The zero-order valence-corrected chi connectivity index (χ0v) is 14.3. The fourth-order valence-electron chi connectivity index (χ4n) is 2.48. The van der Waals surface area contributed by atoms with Crippen LogP contribution >= 0.6 is 0 Å². The van der Waals surface area contributed by atoms with E-state index in [0.717, 1.165) is 28.0 Å². The first-order valence-corrected chi connectivity index (χ1v) is 7.50. The lowest BCUT2D eigenvalue weighted by Crippen LogP contribution is -2.27. The van der Waals surface area contributed by atoms with Crippen LogP contribution in [-0.2, 0) is 6.54 Å². The Kier molecular flexibility index (Phi) is 5.27. The van der Waals surface area contributed by atoms with Gasteiger partial charge in [-0.15, -0.1) is 0 Å². The summed E-state index contributed by atoms with van der Waals surface area (Å²) in [5.41, 5.74) is 3.73. The molecular weight excluding hydrogens is 290 g/mol. The molecule has 0 aromatic heterocycles. The molecule has 0 spiro atoms. The molecule has 2 aromatic rings. The topological polar surface area (TPSA) is 38.8 Å². The van der Waals surface area contributed by atoms with Crippen molar-refractivity contribution in [2.45, 2.75) is 20.4 Å². The molecule has 0 heterocycles. The van der Waals surface area contributed by atoms with Crippen LogP contribution in [0.4, 0.5) is 0 Å². The Labute approximate surface area is 137 Å². The molecule has 0 atom stereocenters. The molecule has 0 fully saturated rings. The van der Waals surface area contributed by atoms with E-state index in [1.54, 1.807) is 26.2 Å². The average Bonchev–Trinajstić information content (AvgIpc) is 2.56. The molecule has 4 nitrogen and oxygen atoms in total. The van der Waals surface area contributed by atoms with E-state index in [2.05, 4.69) is 0 Å². The third-order valence-electron chi connectivity index (χ3n) is 3.87. The van der Waals surface area contributed by atoms with Gasteiger partial charge in [0.1, 0.15) is 11.5 Å². The number of amides is 1. The maximum absolute atomic E-state index is 12.7. The summed E-state index contributed by atoms with van der Waals surface area (Å²) < 4.78 is 10.6. The lowest BCUT2D eigenvalue weighted by molar-refractivity contribution is 0.0783. The fourth-order valence-corrected chi connectivity index (χ4v) is 2.48. The van der Waals surface area contributed by atoms with E-state index in [1.165, 1.54) is 0 Å². The monoisotopic (exact) mass is 313 g/mol. The molecule has 4 heteroatoms. The van der Waals surface area contributed by atoms with Crippen molar-refractivity contribution in [1.29, 1.82) is 0 Å². The van der Waals surface area contributed by atoms with Gasteiger partial charge in [-0.25, -0.2) is 0 Å². The van der Waals surface area contributed by atoms with Gasteiger partial charge >= 0.3 is 0 Å². The molecule has 122 valence electrons. The molecular formula is C19H23NO3. The van der Waals surface area contributed by atoms with Crippen LogP contribution in [-0.4, -0.2) is 32.1 Å². The van der Waals surface area contributed by atoms with E-state index >= 15 is 0 Å². The molecule has 0 unspecified atom stereocenters. The number of ether oxygens (including phenoxy) is 2. The van der Waals surface area contributed by atoms with Crippen LogP contribution in [0.15, 0.2) is 36.4 Å². The van der Waals surface area contributed by atoms with Gasteiger partial charge < -0.3 is 14.4 Å². The Hall–Kier alpha value is -2.49. The van der Waals surface area contributed by atoms with E-state index in [9.17, 15) is 4.79 Å². The SMILES string of the molecule is COc1ccc(CN(C)C(=O)c2cc(C)ccc2C)c(OC)c1. The fraction of sp³-hybridized carbons (Fsp3) is 0.316. The van der Waals surface area contributed by atoms with Gasteiger partial charge in [-0.1, -0.05) is 17.7 Å². The molecule has 0 saturated carbocycles. The number of rotatable bonds is 5. The zero-order chi connectivity index (χ0) is 17.0. The predicted octanol–water partition coefficient (Wildman–Crippen LogP) is 3.59. The average molecular weight is 313 g/mol. The molecule has 0 aliphatic rings. The Morgan fingerprint density at radius 1 is 1.04 bits per heavy atom. The van der Waals surface area contributed by atoms with E-state index in [1.807, 2.05) is 50.2 Å². The molecule has 0 saturated heterocycles. The number of carbonyl (C=O) groups is 1. The second-order valence-corrected chi connectivity index (χ2v) is 5.66. The Balaban J connectivity index is 2.23. The molecule has 0 aliphatic heterocycles. The van der Waals surface area contributed by atoms with Crippen LogP contribution in [0.3, 0.4) is 0 Å². The van der Waals surface area contributed by atoms with E-state index in [4.69, 9.17) is 9.47 Å². The van der Waals surface area contributed by atoms with Crippen LogP contribution in [0.2, 0.25) is 0 Å². The molecule has 0 radical (unpaired) electrons. The molecule has 0 N–H and O–H groups in total. The summed E-state index contributed by atoms with van der Waals surface area (Å²) in [6, 6.07) is 11.5. The lowest BCUT2D eigenvalue weighted by atomic mass is 10.0. The van der Waals surface area contributed by atoms with Gasteiger partial charge in [-0.3, -0.25) is 4.79 Å². The third-order valence-corrected chi connectivity index (χ3v) is 3.87. The molecule has 1 amide bonds. The highest BCUT2D eigenvalue weighted by Gasteiger charge is 2.16. The summed E-state index contributed by atoms with van der Waals surface area (Å²) in [6.45, 7) is 4.41. The molecule has 0 aliphatic carbocycles. The van der Waals surface area contributed by atoms with E-state index in [0.29, 0.717) is 12.3 Å². The molecule has 23 heavy (non-hydrogen) atoms.